The minimum absolute atomic E-state index is 0.0169. The van der Waals surface area contributed by atoms with Gasteiger partial charge in [0.2, 0.25) is 11.8 Å². The molecule has 3 aromatic rings. The molecular formula is C32H39BrN2O2. The van der Waals surface area contributed by atoms with E-state index in [9.17, 15) is 9.59 Å². The summed E-state index contributed by atoms with van der Waals surface area (Å²) in [6.07, 6.45) is 1.43. The lowest BCUT2D eigenvalue weighted by Gasteiger charge is -2.32. The highest BCUT2D eigenvalue weighted by atomic mass is 79.9. The highest BCUT2D eigenvalue weighted by molar-refractivity contribution is 9.10. The number of benzene rings is 3. The second-order valence-corrected chi connectivity index (χ2v) is 11.9. The van der Waals surface area contributed by atoms with E-state index in [1.807, 2.05) is 68.4 Å². The van der Waals surface area contributed by atoms with Crippen molar-refractivity contribution in [1.82, 2.24) is 10.2 Å². The number of hydrogen-bond donors (Lipinski definition) is 1. The molecule has 0 radical (unpaired) electrons. The van der Waals surface area contributed by atoms with Crippen LogP contribution in [0.15, 0.2) is 83.3 Å². The van der Waals surface area contributed by atoms with Crippen LogP contribution in [-0.2, 0) is 34.4 Å². The lowest BCUT2D eigenvalue weighted by molar-refractivity contribution is -0.141. The van der Waals surface area contributed by atoms with Crippen LogP contribution in [0.3, 0.4) is 0 Å². The summed E-state index contributed by atoms with van der Waals surface area (Å²) in [5.41, 5.74) is 4.49. The molecule has 0 spiro atoms. The Morgan fingerprint density at radius 1 is 0.838 bits per heavy atom. The fourth-order valence-electron chi connectivity index (χ4n) is 4.29. The van der Waals surface area contributed by atoms with Gasteiger partial charge in [-0.1, -0.05) is 103 Å². The van der Waals surface area contributed by atoms with Crippen LogP contribution in [0.2, 0.25) is 0 Å². The van der Waals surface area contributed by atoms with Gasteiger partial charge < -0.3 is 10.2 Å². The summed E-state index contributed by atoms with van der Waals surface area (Å²) in [6, 6.07) is 25.7. The first-order valence-corrected chi connectivity index (χ1v) is 13.8. The number of amides is 2. The van der Waals surface area contributed by atoms with Gasteiger partial charge in [0.25, 0.3) is 0 Å². The van der Waals surface area contributed by atoms with Crippen molar-refractivity contribution in [3.05, 3.63) is 106 Å². The van der Waals surface area contributed by atoms with Gasteiger partial charge in [0.05, 0.1) is 0 Å². The van der Waals surface area contributed by atoms with Gasteiger partial charge in [0.1, 0.15) is 6.04 Å². The van der Waals surface area contributed by atoms with Crippen molar-refractivity contribution in [2.75, 3.05) is 0 Å². The number of rotatable bonds is 10. The molecule has 0 bridgehead atoms. The number of hydrogen-bond acceptors (Lipinski definition) is 2. The zero-order valence-electron chi connectivity index (χ0n) is 22.6. The highest BCUT2D eigenvalue weighted by Gasteiger charge is 2.30. The zero-order valence-corrected chi connectivity index (χ0v) is 24.2. The van der Waals surface area contributed by atoms with Crippen LogP contribution < -0.4 is 5.32 Å². The molecule has 0 fully saturated rings. The molecule has 0 unspecified atom stereocenters. The maximum Gasteiger partial charge on any atom is 0.243 e. The van der Waals surface area contributed by atoms with Crippen molar-refractivity contribution in [1.29, 1.82) is 0 Å². The van der Waals surface area contributed by atoms with Crippen molar-refractivity contribution in [3.63, 3.8) is 0 Å². The monoisotopic (exact) mass is 562 g/mol. The summed E-state index contributed by atoms with van der Waals surface area (Å²) in [7, 11) is 0. The molecule has 5 heteroatoms. The van der Waals surface area contributed by atoms with Crippen molar-refractivity contribution in [2.24, 2.45) is 0 Å². The second kappa shape index (κ2) is 13.0. The lowest BCUT2D eigenvalue weighted by atomic mass is 9.86. The Morgan fingerprint density at radius 3 is 2.00 bits per heavy atom. The Labute approximate surface area is 230 Å². The average molecular weight is 564 g/mol. The molecule has 3 aromatic carbocycles. The largest absolute Gasteiger partial charge is 0.352 e. The maximum atomic E-state index is 13.8. The van der Waals surface area contributed by atoms with Crippen molar-refractivity contribution < 1.29 is 9.59 Å². The van der Waals surface area contributed by atoms with E-state index in [1.54, 1.807) is 4.90 Å². The van der Waals surface area contributed by atoms with Crippen LogP contribution in [0.5, 0.6) is 0 Å². The molecule has 37 heavy (non-hydrogen) atoms. The van der Waals surface area contributed by atoms with Gasteiger partial charge in [0, 0.05) is 29.9 Å². The first-order chi connectivity index (χ1) is 17.5. The zero-order chi connectivity index (χ0) is 27.0. The number of carbonyl (C=O) groups is 2. The van der Waals surface area contributed by atoms with Crippen LogP contribution >= 0.6 is 15.9 Å². The molecule has 4 nitrogen and oxygen atoms in total. The van der Waals surface area contributed by atoms with Crippen LogP contribution in [-0.4, -0.2) is 28.8 Å². The first kappa shape index (κ1) is 28.6. The molecule has 196 valence electrons. The van der Waals surface area contributed by atoms with Crippen LogP contribution in [0.25, 0.3) is 0 Å². The quantitative estimate of drug-likeness (QED) is 0.294. The third kappa shape index (κ3) is 8.85. The molecule has 3 rings (SSSR count). The lowest BCUT2D eigenvalue weighted by Crippen LogP contribution is -2.51. The Hall–Kier alpha value is -2.92. The van der Waals surface area contributed by atoms with Crippen molar-refractivity contribution >= 4 is 27.7 Å². The van der Waals surface area contributed by atoms with Crippen molar-refractivity contribution in [2.45, 2.75) is 77.9 Å². The van der Waals surface area contributed by atoms with Gasteiger partial charge >= 0.3 is 0 Å². The van der Waals surface area contributed by atoms with E-state index in [-0.39, 0.29) is 23.3 Å². The van der Waals surface area contributed by atoms with Gasteiger partial charge in [-0.3, -0.25) is 9.59 Å². The van der Waals surface area contributed by atoms with Gasteiger partial charge in [-0.05, 0) is 60.1 Å². The van der Waals surface area contributed by atoms with Crippen LogP contribution in [0.4, 0.5) is 0 Å². The molecule has 0 aliphatic heterocycles. The third-order valence-corrected chi connectivity index (χ3v) is 6.94. The summed E-state index contributed by atoms with van der Waals surface area (Å²) in [6.45, 7) is 10.8. The number of carbonyl (C=O) groups excluding carboxylic acids is 2. The van der Waals surface area contributed by atoms with E-state index in [1.165, 1.54) is 5.56 Å². The molecule has 0 aliphatic rings. The standard InChI is InChI=1S/C32H39BrN2O2/c1-23(2)34-31(37)29(21-25-9-7-6-8-10-25)35(22-26-13-18-28(33)19-14-26)30(36)20-15-24-11-16-27(17-12-24)32(3,4)5/h6-14,16-19,23,29H,15,20-22H2,1-5H3,(H,34,37)/t29-/m0/s1. The minimum Gasteiger partial charge on any atom is -0.352 e. The Balaban J connectivity index is 1.87. The molecule has 0 aliphatic carbocycles. The Bertz CT molecular complexity index is 1150. The fourth-order valence-corrected chi connectivity index (χ4v) is 4.55. The van der Waals surface area contributed by atoms with Gasteiger partial charge in [-0.2, -0.15) is 0 Å². The number of aryl methyl sites for hydroxylation is 1. The normalized spacial score (nSPS) is 12.3. The number of halogens is 1. The SMILES string of the molecule is CC(C)NC(=O)[C@H](Cc1ccccc1)N(Cc1ccc(Br)cc1)C(=O)CCc1ccc(C(C)(C)C)cc1. The van der Waals surface area contributed by atoms with Crippen LogP contribution in [0.1, 0.15) is 63.3 Å². The predicted molar refractivity (Wildman–Crippen MR) is 155 cm³/mol. The van der Waals surface area contributed by atoms with E-state index < -0.39 is 6.04 Å². The van der Waals surface area contributed by atoms with Crippen molar-refractivity contribution in [3.8, 4) is 0 Å². The van der Waals surface area contributed by atoms with E-state index in [0.717, 1.165) is 21.2 Å². The molecule has 1 N–H and O–H groups in total. The molecule has 1 atom stereocenters. The summed E-state index contributed by atoms with van der Waals surface area (Å²) < 4.78 is 0.978. The van der Waals surface area contributed by atoms with E-state index in [0.29, 0.717) is 25.8 Å². The summed E-state index contributed by atoms with van der Waals surface area (Å²) in [4.78, 5) is 29.0. The predicted octanol–water partition coefficient (Wildman–Crippen LogP) is 6.84. The highest BCUT2D eigenvalue weighted by Crippen LogP contribution is 2.23. The van der Waals surface area contributed by atoms with E-state index in [2.05, 4.69) is 66.3 Å². The summed E-state index contributed by atoms with van der Waals surface area (Å²) >= 11 is 3.49. The number of nitrogens with zero attached hydrogens (tertiary/aromatic N) is 1. The smallest absolute Gasteiger partial charge is 0.243 e. The topological polar surface area (TPSA) is 49.4 Å². The molecule has 0 aromatic heterocycles. The van der Waals surface area contributed by atoms with Crippen LogP contribution in [0, 0.1) is 0 Å². The summed E-state index contributed by atoms with van der Waals surface area (Å²) in [5.74, 6) is -0.151. The maximum absolute atomic E-state index is 13.8. The molecular weight excluding hydrogens is 524 g/mol. The number of nitrogens with one attached hydrogen (secondary N) is 1. The molecule has 0 saturated carbocycles. The van der Waals surface area contributed by atoms with Gasteiger partial charge in [-0.15, -0.1) is 0 Å². The van der Waals surface area contributed by atoms with Gasteiger partial charge in [0.15, 0.2) is 0 Å². The Kier molecular flexibility index (Phi) is 10.1. The molecule has 0 saturated heterocycles. The third-order valence-electron chi connectivity index (χ3n) is 6.42. The molecule has 0 heterocycles. The van der Waals surface area contributed by atoms with E-state index >= 15 is 0 Å². The van der Waals surface area contributed by atoms with E-state index in [4.69, 9.17) is 0 Å². The average Bonchev–Trinajstić information content (AvgIpc) is 2.85. The Morgan fingerprint density at radius 2 is 1.43 bits per heavy atom. The first-order valence-electron chi connectivity index (χ1n) is 13.0. The summed E-state index contributed by atoms with van der Waals surface area (Å²) in [5, 5.41) is 3.05. The van der Waals surface area contributed by atoms with Gasteiger partial charge in [-0.25, -0.2) is 0 Å². The second-order valence-electron chi connectivity index (χ2n) is 11.0. The fraction of sp³-hybridized carbons (Fsp3) is 0.375. The minimum atomic E-state index is -0.607. The molecule has 2 amide bonds.